The van der Waals surface area contributed by atoms with E-state index < -0.39 is 0 Å². The van der Waals surface area contributed by atoms with Crippen molar-refractivity contribution >= 4 is 11.8 Å². The molecule has 0 aliphatic heterocycles. The number of nitrogens with one attached hydrogen (secondary N) is 1. The lowest BCUT2D eigenvalue weighted by molar-refractivity contribution is -0.128. The summed E-state index contributed by atoms with van der Waals surface area (Å²) in [6, 6.07) is 5.20. The van der Waals surface area contributed by atoms with E-state index in [1.807, 2.05) is 6.92 Å². The quantitative estimate of drug-likeness (QED) is 0.795. The Morgan fingerprint density at radius 3 is 2.67 bits per heavy atom. The van der Waals surface area contributed by atoms with Crippen LogP contribution in [0.1, 0.15) is 27.9 Å². The maximum absolute atomic E-state index is 12.0. The van der Waals surface area contributed by atoms with Crippen molar-refractivity contribution in [1.29, 1.82) is 0 Å². The molecule has 0 atom stereocenters. The Balaban J connectivity index is 2.68. The molecule has 112 valence electrons. The van der Waals surface area contributed by atoms with Gasteiger partial charge in [0, 0.05) is 38.2 Å². The van der Waals surface area contributed by atoms with Crippen molar-refractivity contribution in [2.24, 2.45) is 0 Å². The summed E-state index contributed by atoms with van der Waals surface area (Å²) >= 11 is 0. The minimum atomic E-state index is -0.242. The molecule has 5 nitrogen and oxygen atoms in total. The van der Waals surface area contributed by atoms with Gasteiger partial charge in [-0.2, -0.15) is 0 Å². The number of aryl methyl sites for hydroxylation is 1. The number of hydrogen-bond donors (Lipinski definition) is 2. The van der Waals surface area contributed by atoms with Crippen molar-refractivity contribution in [3.05, 3.63) is 34.9 Å². The van der Waals surface area contributed by atoms with Crippen molar-refractivity contribution < 1.29 is 14.7 Å². The second-order valence-electron chi connectivity index (χ2n) is 4.78. The normalized spacial score (nSPS) is 9.52. The fraction of sp³-hybridized carbons (Fsp3) is 0.375. The summed E-state index contributed by atoms with van der Waals surface area (Å²) in [5.41, 5.74) is 2.14. The topological polar surface area (TPSA) is 69.6 Å². The van der Waals surface area contributed by atoms with E-state index in [-0.39, 0.29) is 24.8 Å². The predicted molar refractivity (Wildman–Crippen MR) is 80.8 cm³/mol. The number of nitrogens with zero attached hydrogens (tertiary/aromatic N) is 1. The first-order valence-corrected chi connectivity index (χ1v) is 6.64. The zero-order chi connectivity index (χ0) is 15.8. The van der Waals surface area contributed by atoms with Crippen LogP contribution in [0.2, 0.25) is 0 Å². The van der Waals surface area contributed by atoms with Crippen LogP contribution in [0.5, 0.6) is 0 Å². The molecule has 0 saturated heterocycles. The molecular formula is C16H20N2O3. The van der Waals surface area contributed by atoms with E-state index in [1.54, 1.807) is 32.3 Å². The van der Waals surface area contributed by atoms with Crippen LogP contribution < -0.4 is 5.32 Å². The highest BCUT2D eigenvalue weighted by atomic mass is 16.2. The van der Waals surface area contributed by atoms with Crippen LogP contribution in [-0.2, 0) is 4.79 Å². The number of benzene rings is 1. The van der Waals surface area contributed by atoms with E-state index in [1.165, 1.54) is 4.90 Å². The summed E-state index contributed by atoms with van der Waals surface area (Å²) in [4.78, 5) is 24.9. The minimum absolute atomic E-state index is 0.0336. The van der Waals surface area contributed by atoms with E-state index in [9.17, 15) is 9.59 Å². The van der Waals surface area contributed by atoms with Gasteiger partial charge in [-0.3, -0.25) is 9.59 Å². The smallest absolute Gasteiger partial charge is 0.251 e. The molecule has 0 bridgehead atoms. The van der Waals surface area contributed by atoms with Gasteiger partial charge in [-0.1, -0.05) is 17.9 Å². The lowest BCUT2D eigenvalue weighted by atomic mass is 10.0. The molecule has 0 unspecified atom stereocenters. The Kier molecular flexibility index (Phi) is 6.44. The Bertz CT molecular complexity index is 583. The molecule has 1 aromatic rings. The molecule has 0 fully saturated rings. The Labute approximate surface area is 125 Å². The SMILES string of the molecule is Cc1ccc(C(=O)NCCC(=O)N(C)C)cc1C#CCO. The standard InChI is InChI=1S/C16H20N2O3/c1-12-6-7-14(11-13(12)5-4-10-19)16(21)17-9-8-15(20)18(2)3/h6-7,11,19H,8-10H2,1-3H3,(H,17,21). The zero-order valence-electron chi connectivity index (χ0n) is 12.6. The van der Waals surface area contributed by atoms with Gasteiger partial charge in [-0.15, -0.1) is 0 Å². The maximum atomic E-state index is 12.0. The molecule has 0 aromatic heterocycles. The second kappa shape index (κ2) is 8.08. The summed E-state index contributed by atoms with van der Waals surface area (Å²) < 4.78 is 0. The molecule has 5 heteroatoms. The van der Waals surface area contributed by atoms with Gasteiger partial charge >= 0.3 is 0 Å². The van der Waals surface area contributed by atoms with Crippen molar-refractivity contribution in [2.45, 2.75) is 13.3 Å². The van der Waals surface area contributed by atoms with Crippen LogP contribution in [0.25, 0.3) is 0 Å². The first kappa shape index (κ1) is 16.7. The van der Waals surface area contributed by atoms with Gasteiger partial charge in [0.1, 0.15) is 6.61 Å². The molecule has 1 rings (SSSR count). The summed E-state index contributed by atoms with van der Waals surface area (Å²) in [6.45, 7) is 1.96. The van der Waals surface area contributed by atoms with E-state index >= 15 is 0 Å². The average Bonchev–Trinajstić information content (AvgIpc) is 2.45. The molecule has 0 aliphatic carbocycles. The third kappa shape index (κ3) is 5.28. The number of amides is 2. The molecule has 0 saturated carbocycles. The molecule has 0 spiro atoms. The molecule has 0 radical (unpaired) electrons. The Hall–Kier alpha value is -2.32. The van der Waals surface area contributed by atoms with Gasteiger partial charge in [-0.25, -0.2) is 0 Å². The van der Waals surface area contributed by atoms with Crippen molar-refractivity contribution in [3.8, 4) is 11.8 Å². The lowest BCUT2D eigenvalue weighted by Crippen LogP contribution is -2.30. The minimum Gasteiger partial charge on any atom is -0.384 e. The number of aliphatic hydroxyl groups is 1. The monoisotopic (exact) mass is 288 g/mol. The Morgan fingerprint density at radius 2 is 2.05 bits per heavy atom. The van der Waals surface area contributed by atoms with Crippen LogP contribution in [0, 0.1) is 18.8 Å². The van der Waals surface area contributed by atoms with E-state index in [0.717, 1.165) is 5.56 Å². The third-order valence-corrected chi connectivity index (χ3v) is 2.93. The van der Waals surface area contributed by atoms with E-state index in [0.29, 0.717) is 17.7 Å². The molecule has 2 amide bonds. The van der Waals surface area contributed by atoms with Crippen LogP contribution in [0.3, 0.4) is 0 Å². The summed E-state index contributed by atoms with van der Waals surface area (Å²) in [7, 11) is 3.35. The van der Waals surface area contributed by atoms with Gasteiger partial charge in [0.2, 0.25) is 5.91 Å². The highest BCUT2D eigenvalue weighted by Crippen LogP contribution is 2.10. The van der Waals surface area contributed by atoms with Crippen LogP contribution in [-0.4, -0.2) is 49.1 Å². The highest BCUT2D eigenvalue weighted by molar-refractivity contribution is 5.94. The van der Waals surface area contributed by atoms with Gasteiger partial charge in [0.25, 0.3) is 5.91 Å². The van der Waals surface area contributed by atoms with Crippen molar-refractivity contribution in [3.63, 3.8) is 0 Å². The van der Waals surface area contributed by atoms with Gasteiger partial charge in [0.15, 0.2) is 0 Å². The van der Waals surface area contributed by atoms with Crippen molar-refractivity contribution in [2.75, 3.05) is 27.2 Å². The molecule has 21 heavy (non-hydrogen) atoms. The largest absolute Gasteiger partial charge is 0.384 e. The zero-order valence-corrected chi connectivity index (χ0v) is 12.6. The van der Waals surface area contributed by atoms with Gasteiger partial charge in [-0.05, 0) is 24.6 Å². The molecule has 0 aliphatic rings. The summed E-state index contributed by atoms with van der Waals surface area (Å²) in [5, 5.41) is 11.4. The van der Waals surface area contributed by atoms with Crippen LogP contribution in [0.15, 0.2) is 18.2 Å². The predicted octanol–water partition coefficient (Wildman–Crippen LogP) is 0.547. The van der Waals surface area contributed by atoms with Crippen LogP contribution in [0.4, 0.5) is 0 Å². The van der Waals surface area contributed by atoms with E-state index in [4.69, 9.17) is 5.11 Å². The van der Waals surface area contributed by atoms with E-state index in [2.05, 4.69) is 17.2 Å². The number of carbonyl (C=O) groups excluding carboxylic acids is 2. The lowest BCUT2D eigenvalue weighted by Gasteiger charge is -2.11. The molecule has 2 N–H and O–H groups in total. The Morgan fingerprint density at radius 1 is 1.33 bits per heavy atom. The third-order valence-electron chi connectivity index (χ3n) is 2.93. The maximum Gasteiger partial charge on any atom is 0.251 e. The first-order chi connectivity index (χ1) is 9.95. The summed E-state index contributed by atoms with van der Waals surface area (Å²) in [6.07, 6.45) is 0.266. The number of carbonyl (C=O) groups is 2. The number of hydrogen-bond acceptors (Lipinski definition) is 3. The highest BCUT2D eigenvalue weighted by Gasteiger charge is 2.09. The first-order valence-electron chi connectivity index (χ1n) is 6.64. The number of aliphatic hydroxyl groups excluding tert-OH is 1. The fourth-order valence-corrected chi connectivity index (χ4v) is 1.64. The molecule has 1 aromatic carbocycles. The van der Waals surface area contributed by atoms with Gasteiger partial charge < -0.3 is 15.3 Å². The second-order valence-corrected chi connectivity index (χ2v) is 4.78. The number of rotatable bonds is 4. The summed E-state index contributed by atoms with van der Waals surface area (Å²) in [5.74, 6) is 5.10. The fourth-order valence-electron chi connectivity index (χ4n) is 1.64. The van der Waals surface area contributed by atoms with Crippen LogP contribution >= 0.6 is 0 Å². The molecular weight excluding hydrogens is 268 g/mol. The molecule has 0 heterocycles. The van der Waals surface area contributed by atoms with Gasteiger partial charge in [0.05, 0.1) is 0 Å². The average molecular weight is 288 g/mol. The van der Waals surface area contributed by atoms with Crippen molar-refractivity contribution in [1.82, 2.24) is 10.2 Å².